The third-order valence-corrected chi connectivity index (χ3v) is 2.83. The summed E-state index contributed by atoms with van der Waals surface area (Å²) in [6.07, 6.45) is 5.01. The van der Waals surface area contributed by atoms with E-state index < -0.39 is 0 Å². The van der Waals surface area contributed by atoms with E-state index in [1.54, 1.807) is 6.20 Å². The molecule has 1 aromatic carbocycles. The number of aromatic nitrogens is 3. The molecule has 0 saturated carbocycles. The summed E-state index contributed by atoms with van der Waals surface area (Å²) >= 11 is 0. The van der Waals surface area contributed by atoms with Crippen LogP contribution in [0, 0.1) is 0 Å². The maximum atomic E-state index is 6.16. The van der Waals surface area contributed by atoms with Crippen molar-refractivity contribution in [3.63, 3.8) is 0 Å². The molecule has 1 heterocycles. The van der Waals surface area contributed by atoms with Gasteiger partial charge < -0.3 is 5.73 Å². The largest absolute Gasteiger partial charge is 0.323 e. The van der Waals surface area contributed by atoms with Crippen molar-refractivity contribution in [3.8, 4) is 5.69 Å². The lowest BCUT2D eigenvalue weighted by Gasteiger charge is -2.12. The third kappa shape index (κ3) is 2.71. The molecular formula is C13H18N4. The fraction of sp³-hybridized carbons (Fsp3) is 0.385. The van der Waals surface area contributed by atoms with Crippen molar-refractivity contribution >= 4 is 0 Å². The van der Waals surface area contributed by atoms with E-state index in [1.807, 2.05) is 35.0 Å². The third-order valence-electron chi connectivity index (χ3n) is 2.83. The first-order valence-corrected chi connectivity index (χ1v) is 6.04. The van der Waals surface area contributed by atoms with Crippen molar-refractivity contribution in [1.29, 1.82) is 0 Å². The summed E-state index contributed by atoms with van der Waals surface area (Å²) < 4.78 is 1.82. The molecule has 0 fully saturated rings. The van der Waals surface area contributed by atoms with E-state index in [2.05, 4.69) is 17.2 Å². The molecule has 1 unspecified atom stereocenters. The van der Waals surface area contributed by atoms with E-state index in [9.17, 15) is 0 Å². The highest BCUT2D eigenvalue weighted by molar-refractivity contribution is 5.32. The van der Waals surface area contributed by atoms with E-state index in [0.29, 0.717) is 0 Å². The lowest BCUT2D eigenvalue weighted by molar-refractivity contribution is 0.571. The van der Waals surface area contributed by atoms with Crippen LogP contribution >= 0.6 is 0 Å². The summed E-state index contributed by atoms with van der Waals surface area (Å²) in [5, 5.41) is 8.06. The van der Waals surface area contributed by atoms with E-state index in [-0.39, 0.29) is 6.04 Å². The van der Waals surface area contributed by atoms with Gasteiger partial charge in [-0.15, -0.1) is 5.10 Å². The summed E-state index contributed by atoms with van der Waals surface area (Å²) in [7, 11) is 0. The van der Waals surface area contributed by atoms with E-state index in [1.165, 1.54) is 0 Å². The molecule has 0 radical (unpaired) electrons. The second kappa shape index (κ2) is 5.59. The van der Waals surface area contributed by atoms with Gasteiger partial charge in [0.25, 0.3) is 0 Å². The molecule has 2 N–H and O–H groups in total. The van der Waals surface area contributed by atoms with E-state index in [0.717, 1.165) is 30.6 Å². The van der Waals surface area contributed by atoms with Gasteiger partial charge in [-0.05, 0) is 18.6 Å². The maximum absolute atomic E-state index is 6.16. The summed E-state index contributed by atoms with van der Waals surface area (Å²) in [5.74, 6) is 0. The Morgan fingerprint density at radius 3 is 2.76 bits per heavy atom. The average molecular weight is 230 g/mol. The van der Waals surface area contributed by atoms with Crippen LogP contribution in [0.25, 0.3) is 5.69 Å². The summed E-state index contributed by atoms with van der Waals surface area (Å²) in [5.41, 5.74) is 8.15. The first-order chi connectivity index (χ1) is 8.33. The Hall–Kier alpha value is -1.68. The van der Waals surface area contributed by atoms with Crippen molar-refractivity contribution in [2.75, 3.05) is 0 Å². The second-order valence-corrected chi connectivity index (χ2v) is 4.15. The van der Waals surface area contributed by atoms with Gasteiger partial charge >= 0.3 is 0 Å². The molecule has 17 heavy (non-hydrogen) atoms. The summed E-state index contributed by atoms with van der Waals surface area (Å²) in [4.78, 5) is 0. The second-order valence-electron chi connectivity index (χ2n) is 4.15. The molecule has 1 atom stereocenters. The highest BCUT2D eigenvalue weighted by Crippen LogP contribution is 2.18. The topological polar surface area (TPSA) is 56.7 Å². The molecule has 0 aliphatic heterocycles. The van der Waals surface area contributed by atoms with Gasteiger partial charge in [0.05, 0.1) is 17.6 Å². The van der Waals surface area contributed by atoms with Gasteiger partial charge in [0.1, 0.15) is 0 Å². The minimum Gasteiger partial charge on any atom is -0.323 e. The van der Waals surface area contributed by atoms with Crippen LogP contribution in [0.2, 0.25) is 0 Å². The number of nitrogens with two attached hydrogens (primary N) is 1. The number of para-hydroxylation sites is 1. The monoisotopic (exact) mass is 230 g/mol. The number of nitrogens with zero attached hydrogens (tertiary/aromatic N) is 3. The molecule has 90 valence electrons. The van der Waals surface area contributed by atoms with Crippen molar-refractivity contribution in [2.45, 2.75) is 32.2 Å². The zero-order valence-electron chi connectivity index (χ0n) is 10.1. The molecule has 0 spiro atoms. The number of hydrogen-bond donors (Lipinski definition) is 1. The molecule has 1 aromatic heterocycles. The molecule has 0 aliphatic carbocycles. The fourth-order valence-electron chi connectivity index (χ4n) is 1.84. The Morgan fingerprint density at radius 2 is 2.06 bits per heavy atom. The zero-order chi connectivity index (χ0) is 12.1. The van der Waals surface area contributed by atoms with Crippen LogP contribution in [0.15, 0.2) is 36.5 Å². The van der Waals surface area contributed by atoms with Crippen molar-refractivity contribution < 1.29 is 0 Å². The van der Waals surface area contributed by atoms with Gasteiger partial charge in [0.15, 0.2) is 0 Å². The molecule has 4 nitrogen and oxygen atoms in total. The van der Waals surface area contributed by atoms with Crippen LogP contribution in [0.3, 0.4) is 0 Å². The molecule has 0 amide bonds. The normalized spacial score (nSPS) is 12.6. The molecule has 2 rings (SSSR count). The number of benzene rings is 1. The number of rotatable bonds is 5. The van der Waals surface area contributed by atoms with Crippen molar-refractivity contribution in [2.24, 2.45) is 5.73 Å². The van der Waals surface area contributed by atoms with Gasteiger partial charge in [0, 0.05) is 6.04 Å². The van der Waals surface area contributed by atoms with Gasteiger partial charge in [-0.1, -0.05) is 43.2 Å². The van der Waals surface area contributed by atoms with Crippen molar-refractivity contribution in [3.05, 3.63) is 42.2 Å². The molecule has 2 aromatic rings. The lowest BCUT2D eigenvalue weighted by atomic mass is 10.1. The van der Waals surface area contributed by atoms with Gasteiger partial charge in [-0.25, -0.2) is 4.68 Å². The Labute approximate surface area is 101 Å². The van der Waals surface area contributed by atoms with Crippen LogP contribution in [0.5, 0.6) is 0 Å². The van der Waals surface area contributed by atoms with Crippen LogP contribution in [0.1, 0.15) is 37.9 Å². The smallest absolute Gasteiger partial charge is 0.0812 e. The predicted octanol–water partition coefficient (Wildman–Crippen LogP) is 2.46. The fourth-order valence-corrected chi connectivity index (χ4v) is 1.84. The first kappa shape index (κ1) is 11.8. The Balaban J connectivity index is 2.23. The molecular weight excluding hydrogens is 212 g/mol. The summed E-state index contributed by atoms with van der Waals surface area (Å²) in [6.45, 7) is 2.17. The number of hydrogen-bond acceptors (Lipinski definition) is 3. The van der Waals surface area contributed by atoms with Gasteiger partial charge in [-0.2, -0.15) is 0 Å². The minimum absolute atomic E-state index is 0.00477. The quantitative estimate of drug-likeness (QED) is 0.858. The first-order valence-electron chi connectivity index (χ1n) is 6.04. The average Bonchev–Trinajstić information content (AvgIpc) is 2.86. The molecule has 0 aliphatic rings. The Morgan fingerprint density at radius 1 is 1.29 bits per heavy atom. The highest BCUT2D eigenvalue weighted by Gasteiger charge is 2.13. The van der Waals surface area contributed by atoms with Crippen LogP contribution in [-0.2, 0) is 0 Å². The molecule has 0 saturated heterocycles. The SMILES string of the molecule is CCCCC(N)c1cnnn1-c1ccccc1. The van der Waals surface area contributed by atoms with E-state index in [4.69, 9.17) is 5.73 Å². The molecule has 0 bridgehead atoms. The van der Waals surface area contributed by atoms with Crippen LogP contribution in [0.4, 0.5) is 0 Å². The highest BCUT2D eigenvalue weighted by atomic mass is 15.4. The Bertz CT molecular complexity index is 449. The van der Waals surface area contributed by atoms with Crippen molar-refractivity contribution in [1.82, 2.24) is 15.0 Å². The number of unbranched alkanes of at least 4 members (excludes halogenated alkanes) is 1. The van der Waals surface area contributed by atoms with Gasteiger partial charge in [0.2, 0.25) is 0 Å². The molecule has 4 heteroatoms. The van der Waals surface area contributed by atoms with E-state index >= 15 is 0 Å². The minimum atomic E-state index is 0.00477. The van der Waals surface area contributed by atoms with Gasteiger partial charge in [-0.3, -0.25) is 0 Å². The standard InChI is InChI=1S/C13H18N4/c1-2-3-9-12(14)13-10-15-16-17(13)11-7-5-4-6-8-11/h4-8,10,12H,2-3,9,14H2,1H3. The predicted molar refractivity (Wildman–Crippen MR) is 67.8 cm³/mol. The maximum Gasteiger partial charge on any atom is 0.0812 e. The lowest BCUT2D eigenvalue weighted by Crippen LogP contribution is -2.15. The summed E-state index contributed by atoms with van der Waals surface area (Å²) in [6, 6.07) is 9.97. The Kier molecular flexibility index (Phi) is 3.88. The zero-order valence-corrected chi connectivity index (χ0v) is 10.1. The van der Waals surface area contributed by atoms with Crippen LogP contribution < -0.4 is 5.73 Å². The van der Waals surface area contributed by atoms with Crippen LogP contribution in [-0.4, -0.2) is 15.0 Å².